The van der Waals surface area contributed by atoms with Crippen molar-refractivity contribution in [3.63, 3.8) is 0 Å². The van der Waals surface area contributed by atoms with Gasteiger partial charge >= 0.3 is 0 Å². The maximum atomic E-state index is 12.8. The van der Waals surface area contributed by atoms with Crippen molar-refractivity contribution in [2.45, 2.75) is 13.8 Å². The summed E-state index contributed by atoms with van der Waals surface area (Å²) in [7, 11) is 0. The van der Waals surface area contributed by atoms with Crippen molar-refractivity contribution in [1.29, 1.82) is 0 Å². The molecule has 0 unspecified atom stereocenters. The van der Waals surface area contributed by atoms with E-state index in [2.05, 4.69) is 5.32 Å². The number of ether oxygens (including phenoxy) is 3. The number of primary amides is 1. The Morgan fingerprint density at radius 3 is 2.37 bits per heavy atom. The Bertz CT molecular complexity index is 1150. The number of hydrogen-bond donors (Lipinski definition) is 2. The second-order valence-electron chi connectivity index (χ2n) is 7.17. The number of carbonyl (C=O) groups excluding carboxylic acids is 4. The Morgan fingerprint density at radius 1 is 1.00 bits per heavy atom. The van der Waals surface area contributed by atoms with E-state index in [0.29, 0.717) is 41.7 Å². The molecule has 2 aromatic carbocycles. The first-order valence-electron chi connectivity index (χ1n) is 10.8. The standard InChI is InChI=1S/C24H25N3O7S/c1-3-32-17-8-6-16(7-9-17)26-22(29)13-27-23(30)20(35-24(27)31)12-15-5-10-18(34-14-21(25)28)19(11-15)33-4-2/h5-12H,3-4,13-14H2,1-2H3,(H2,25,28)(H,26,29). The monoisotopic (exact) mass is 499 g/mol. The summed E-state index contributed by atoms with van der Waals surface area (Å²) in [6, 6.07) is 11.6. The molecule has 0 aromatic heterocycles. The lowest BCUT2D eigenvalue weighted by atomic mass is 10.2. The van der Waals surface area contributed by atoms with Gasteiger partial charge in [-0.3, -0.25) is 24.1 Å². The van der Waals surface area contributed by atoms with Crippen molar-refractivity contribution >= 4 is 46.5 Å². The molecule has 1 aliphatic rings. The molecule has 184 valence electrons. The molecule has 35 heavy (non-hydrogen) atoms. The fraction of sp³-hybridized carbons (Fsp3) is 0.250. The molecule has 2 aromatic rings. The molecule has 0 bridgehead atoms. The first-order chi connectivity index (χ1) is 16.8. The average molecular weight is 500 g/mol. The molecule has 1 saturated heterocycles. The van der Waals surface area contributed by atoms with E-state index in [0.717, 1.165) is 16.7 Å². The van der Waals surface area contributed by atoms with E-state index in [1.54, 1.807) is 49.4 Å². The summed E-state index contributed by atoms with van der Waals surface area (Å²) in [5.41, 5.74) is 6.20. The summed E-state index contributed by atoms with van der Waals surface area (Å²) in [6.45, 7) is 3.80. The van der Waals surface area contributed by atoms with Crippen LogP contribution in [0, 0.1) is 0 Å². The molecule has 0 saturated carbocycles. The number of rotatable bonds is 11. The zero-order chi connectivity index (χ0) is 25.4. The number of carbonyl (C=O) groups is 4. The molecule has 3 rings (SSSR count). The quantitative estimate of drug-likeness (QED) is 0.450. The highest BCUT2D eigenvalue weighted by molar-refractivity contribution is 8.18. The number of anilines is 1. The van der Waals surface area contributed by atoms with Crippen LogP contribution in [0.2, 0.25) is 0 Å². The number of hydrogen-bond acceptors (Lipinski definition) is 8. The lowest BCUT2D eigenvalue weighted by Crippen LogP contribution is -2.36. The van der Waals surface area contributed by atoms with Crippen molar-refractivity contribution in [3.05, 3.63) is 52.9 Å². The van der Waals surface area contributed by atoms with Gasteiger partial charge in [-0.05, 0) is 73.6 Å². The van der Waals surface area contributed by atoms with Crippen molar-refractivity contribution < 1.29 is 33.4 Å². The summed E-state index contributed by atoms with van der Waals surface area (Å²) in [6.07, 6.45) is 1.52. The molecule has 11 heteroatoms. The Morgan fingerprint density at radius 2 is 1.71 bits per heavy atom. The second kappa shape index (κ2) is 11.9. The first kappa shape index (κ1) is 25.6. The second-order valence-corrected chi connectivity index (χ2v) is 8.16. The van der Waals surface area contributed by atoms with Gasteiger partial charge < -0.3 is 25.3 Å². The molecule has 1 fully saturated rings. The third-order valence-corrected chi connectivity index (χ3v) is 5.47. The number of nitrogens with zero attached hydrogens (tertiary/aromatic N) is 1. The number of nitrogens with one attached hydrogen (secondary N) is 1. The molecular formula is C24H25N3O7S. The number of nitrogens with two attached hydrogens (primary N) is 1. The van der Waals surface area contributed by atoms with Gasteiger partial charge in [0, 0.05) is 5.69 Å². The fourth-order valence-corrected chi connectivity index (χ4v) is 3.92. The maximum Gasteiger partial charge on any atom is 0.294 e. The predicted octanol–water partition coefficient (Wildman–Crippen LogP) is 3.02. The number of amides is 4. The van der Waals surface area contributed by atoms with Gasteiger partial charge in [-0.25, -0.2) is 0 Å². The van der Waals surface area contributed by atoms with Crippen LogP contribution >= 0.6 is 11.8 Å². The van der Waals surface area contributed by atoms with Gasteiger partial charge in [-0.2, -0.15) is 0 Å². The van der Waals surface area contributed by atoms with Crippen LogP contribution in [0.5, 0.6) is 17.2 Å². The molecule has 0 radical (unpaired) electrons. The SMILES string of the molecule is CCOc1ccc(NC(=O)CN2C(=O)SC(=Cc3ccc(OCC(N)=O)c(OCC)c3)C2=O)cc1. The third kappa shape index (κ3) is 7.00. The van der Waals surface area contributed by atoms with Crippen LogP contribution in [0.4, 0.5) is 10.5 Å². The van der Waals surface area contributed by atoms with E-state index in [4.69, 9.17) is 19.9 Å². The summed E-state index contributed by atoms with van der Waals surface area (Å²) in [4.78, 5) is 49.7. The highest BCUT2D eigenvalue weighted by Crippen LogP contribution is 2.34. The minimum Gasteiger partial charge on any atom is -0.494 e. The molecule has 4 amide bonds. The Hall–Kier alpha value is -3.99. The molecule has 10 nitrogen and oxygen atoms in total. The first-order valence-corrected chi connectivity index (χ1v) is 11.6. The number of benzene rings is 2. The fourth-order valence-electron chi connectivity index (χ4n) is 3.08. The van der Waals surface area contributed by atoms with Gasteiger partial charge in [0.15, 0.2) is 18.1 Å². The molecule has 1 heterocycles. The minimum absolute atomic E-state index is 0.164. The Labute approximate surface area is 206 Å². The van der Waals surface area contributed by atoms with Crippen LogP contribution in [0.1, 0.15) is 19.4 Å². The molecule has 1 aliphatic heterocycles. The number of imide groups is 1. The topological polar surface area (TPSA) is 137 Å². The van der Waals surface area contributed by atoms with Crippen LogP contribution in [0.15, 0.2) is 47.4 Å². The van der Waals surface area contributed by atoms with E-state index >= 15 is 0 Å². The molecule has 3 N–H and O–H groups in total. The van der Waals surface area contributed by atoms with Crippen molar-refractivity contribution in [2.24, 2.45) is 5.73 Å². The van der Waals surface area contributed by atoms with Crippen LogP contribution in [0.3, 0.4) is 0 Å². The van der Waals surface area contributed by atoms with Gasteiger partial charge in [0.2, 0.25) is 5.91 Å². The molecule has 0 spiro atoms. The van der Waals surface area contributed by atoms with Crippen LogP contribution in [-0.4, -0.2) is 54.2 Å². The zero-order valence-electron chi connectivity index (χ0n) is 19.2. The molecular weight excluding hydrogens is 474 g/mol. The lowest BCUT2D eigenvalue weighted by molar-refractivity contribution is -0.127. The van der Waals surface area contributed by atoms with E-state index < -0.39 is 29.5 Å². The largest absolute Gasteiger partial charge is 0.494 e. The Balaban J connectivity index is 1.68. The minimum atomic E-state index is -0.628. The third-order valence-electron chi connectivity index (χ3n) is 4.56. The van der Waals surface area contributed by atoms with Crippen molar-refractivity contribution in [2.75, 3.05) is 31.7 Å². The van der Waals surface area contributed by atoms with E-state index in [1.807, 2.05) is 6.92 Å². The van der Waals surface area contributed by atoms with Gasteiger partial charge in [-0.1, -0.05) is 6.07 Å². The van der Waals surface area contributed by atoms with Gasteiger partial charge in [0.25, 0.3) is 17.1 Å². The molecule has 0 atom stereocenters. The summed E-state index contributed by atoms with van der Waals surface area (Å²) in [5, 5.41) is 2.11. The smallest absolute Gasteiger partial charge is 0.294 e. The normalized spacial score (nSPS) is 14.2. The summed E-state index contributed by atoms with van der Waals surface area (Å²) >= 11 is 0.739. The maximum absolute atomic E-state index is 12.8. The summed E-state index contributed by atoms with van der Waals surface area (Å²) < 4.78 is 16.2. The molecule has 0 aliphatic carbocycles. The summed E-state index contributed by atoms with van der Waals surface area (Å²) in [5.74, 6) is -0.363. The van der Waals surface area contributed by atoms with E-state index in [9.17, 15) is 19.2 Å². The van der Waals surface area contributed by atoms with Gasteiger partial charge in [0.05, 0.1) is 18.1 Å². The van der Waals surface area contributed by atoms with Crippen LogP contribution < -0.4 is 25.3 Å². The van der Waals surface area contributed by atoms with Gasteiger partial charge in [0.1, 0.15) is 12.3 Å². The van der Waals surface area contributed by atoms with Gasteiger partial charge in [-0.15, -0.1) is 0 Å². The van der Waals surface area contributed by atoms with E-state index in [1.165, 1.54) is 6.08 Å². The average Bonchev–Trinajstić information content (AvgIpc) is 3.07. The Kier molecular flexibility index (Phi) is 8.74. The number of thioether (sulfide) groups is 1. The van der Waals surface area contributed by atoms with Crippen molar-refractivity contribution in [3.8, 4) is 17.2 Å². The highest BCUT2D eigenvalue weighted by atomic mass is 32.2. The predicted molar refractivity (Wildman–Crippen MR) is 131 cm³/mol. The van der Waals surface area contributed by atoms with E-state index in [-0.39, 0.29) is 11.5 Å². The zero-order valence-corrected chi connectivity index (χ0v) is 20.1. The van der Waals surface area contributed by atoms with Crippen LogP contribution in [-0.2, 0) is 14.4 Å². The van der Waals surface area contributed by atoms with Crippen molar-refractivity contribution in [1.82, 2.24) is 4.90 Å². The van der Waals surface area contributed by atoms with Crippen LogP contribution in [0.25, 0.3) is 6.08 Å². The lowest BCUT2D eigenvalue weighted by Gasteiger charge is -2.13. The highest BCUT2D eigenvalue weighted by Gasteiger charge is 2.36.